The molecule has 1 fully saturated rings. The average Bonchev–Trinajstić information content (AvgIpc) is 2.52. The molecule has 6 heteroatoms. The van der Waals surface area contributed by atoms with E-state index in [4.69, 9.17) is 14.6 Å². The lowest BCUT2D eigenvalue weighted by Crippen LogP contribution is -2.56. The van der Waals surface area contributed by atoms with Gasteiger partial charge in [-0.05, 0) is 0 Å². The second-order valence-electron chi connectivity index (χ2n) is 3.46. The summed E-state index contributed by atoms with van der Waals surface area (Å²) in [6.45, 7) is 1.29. The monoisotopic (exact) mass is 203 g/mol. The van der Waals surface area contributed by atoms with Gasteiger partial charge < -0.3 is 24.8 Å². The van der Waals surface area contributed by atoms with Crippen molar-refractivity contribution in [3.8, 4) is 0 Å². The Morgan fingerprint density at radius 3 is 2.71 bits per heavy atom. The zero-order valence-corrected chi connectivity index (χ0v) is 7.70. The smallest absolute Gasteiger partial charge is 0.227 e. The molecule has 5 atom stereocenters. The number of aliphatic hydroxyl groups is 3. The summed E-state index contributed by atoms with van der Waals surface area (Å²) in [5.74, 6) is 0.421. The van der Waals surface area contributed by atoms with Crippen molar-refractivity contribution in [2.75, 3.05) is 6.61 Å². The highest BCUT2D eigenvalue weighted by Crippen LogP contribution is 2.28. The number of hydrogen-bond acceptors (Lipinski definition) is 6. The lowest BCUT2D eigenvalue weighted by Gasteiger charge is -2.36. The van der Waals surface area contributed by atoms with E-state index in [1.165, 1.54) is 0 Å². The zero-order valence-electron chi connectivity index (χ0n) is 7.70. The molecular weight excluding hydrogens is 190 g/mol. The van der Waals surface area contributed by atoms with Gasteiger partial charge in [-0.15, -0.1) is 0 Å². The average molecular weight is 203 g/mol. The van der Waals surface area contributed by atoms with Crippen molar-refractivity contribution in [3.05, 3.63) is 0 Å². The number of hydrogen-bond donors (Lipinski definition) is 3. The van der Waals surface area contributed by atoms with Crippen LogP contribution in [0.5, 0.6) is 0 Å². The SMILES string of the molecule is CC1=NC2C(O)[C@H](O)C(CO)O[C@@H]2O1. The molecule has 1 saturated heterocycles. The van der Waals surface area contributed by atoms with Crippen molar-refractivity contribution in [1.29, 1.82) is 0 Å². The van der Waals surface area contributed by atoms with Gasteiger partial charge in [0.2, 0.25) is 6.29 Å². The minimum Gasteiger partial charge on any atom is -0.450 e. The van der Waals surface area contributed by atoms with Gasteiger partial charge in [0.05, 0.1) is 6.61 Å². The van der Waals surface area contributed by atoms with Crippen LogP contribution in [0.4, 0.5) is 0 Å². The topological polar surface area (TPSA) is 91.5 Å². The third-order valence-electron chi connectivity index (χ3n) is 2.47. The number of fused-ring (bicyclic) bond motifs is 1. The van der Waals surface area contributed by atoms with Gasteiger partial charge in [-0.1, -0.05) is 0 Å². The van der Waals surface area contributed by atoms with E-state index in [0.717, 1.165) is 0 Å². The molecule has 6 nitrogen and oxygen atoms in total. The molecule has 0 bridgehead atoms. The van der Waals surface area contributed by atoms with Gasteiger partial charge in [0.25, 0.3) is 0 Å². The van der Waals surface area contributed by atoms with Crippen LogP contribution in [0, 0.1) is 0 Å². The molecule has 0 aromatic heterocycles. The molecule has 2 aliphatic rings. The normalized spacial score (nSPS) is 46.9. The van der Waals surface area contributed by atoms with Crippen LogP contribution in [0.25, 0.3) is 0 Å². The summed E-state index contributed by atoms with van der Waals surface area (Å²) in [5, 5.41) is 28.0. The van der Waals surface area contributed by atoms with Crippen LogP contribution in [-0.2, 0) is 9.47 Å². The first-order valence-corrected chi connectivity index (χ1v) is 4.47. The van der Waals surface area contributed by atoms with Gasteiger partial charge in [0, 0.05) is 6.92 Å². The predicted molar refractivity (Wildman–Crippen MR) is 45.7 cm³/mol. The molecule has 3 unspecified atom stereocenters. The fraction of sp³-hybridized carbons (Fsp3) is 0.875. The van der Waals surface area contributed by atoms with Crippen LogP contribution < -0.4 is 0 Å². The molecule has 14 heavy (non-hydrogen) atoms. The number of nitrogens with zero attached hydrogens (tertiary/aromatic N) is 1. The molecule has 0 amide bonds. The number of rotatable bonds is 1. The van der Waals surface area contributed by atoms with E-state index in [0.29, 0.717) is 5.90 Å². The second kappa shape index (κ2) is 3.47. The van der Waals surface area contributed by atoms with Crippen LogP contribution in [0.15, 0.2) is 4.99 Å². The standard InChI is InChI=1S/C8H13NO5/c1-3-9-5-7(12)6(11)4(2-10)14-8(5)13-3/h4-8,10-12H,2H2,1H3/t4?,5?,6-,7?,8+/m1/s1. The molecule has 2 rings (SSSR count). The number of aliphatic imine (C=N–C) groups is 1. The first-order chi connectivity index (χ1) is 6.63. The lowest BCUT2D eigenvalue weighted by molar-refractivity contribution is -0.234. The summed E-state index contributed by atoms with van der Waals surface area (Å²) < 4.78 is 10.4. The summed E-state index contributed by atoms with van der Waals surface area (Å²) in [6.07, 6.45) is -3.68. The zero-order chi connectivity index (χ0) is 10.3. The van der Waals surface area contributed by atoms with Crippen LogP contribution in [-0.4, -0.2) is 58.5 Å². The van der Waals surface area contributed by atoms with Gasteiger partial charge in [-0.3, -0.25) is 0 Å². The highest BCUT2D eigenvalue weighted by Gasteiger charge is 2.48. The Morgan fingerprint density at radius 1 is 1.36 bits per heavy atom. The van der Waals surface area contributed by atoms with Gasteiger partial charge >= 0.3 is 0 Å². The predicted octanol–water partition coefficient (Wildman–Crippen LogP) is -1.76. The van der Waals surface area contributed by atoms with E-state index < -0.39 is 30.6 Å². The van der Waals surface area contributed by atoms with Crippen molar-refractivity contribution < 1.29 is 24.8 Å². The largest absolute Gasteiger partial charge is 0.450 e. The summed E-state index contributed by atoms with van der Waals surface area (Å²) in [6, 6.07) is -0.590. The molecule has 0 radical (unpaired) electrons. The Morgan fingerprint density at radius 2 is 2.07 bits per heavy atom. The van der Waals surface area contributed by atoms with Gasteiger partial charge in [0.1, 0.15) is 24.4 Å². The Labute approximate surface area is 80.8 Å². The maximum absolute atomic E-state index is 9.64. The van der Waals surface area contributed by atoms with E-state index in [9.17, 15) is 10.2 Å². The van der Waals surface area contributed by atoms with Crippen LogP contribution in [0.3, 0.4) is 0 Å². The summed E-state index contributed by atoms with van der Waals surface area (Å²) in [7, 11) is 0. The molecule has 0 aromatic carbocycles. The second-order valence-corrected chi connectivity index (χ2v) is 3.46. The number of aliphatic hydroxyl groups excluding tert-OH is 3. The summed E-state index contributed by atoms with van der Waals surface area (Å²) in [4.78, 5) is 3.99. The van der Waals surface area contributed by atoms with Gasteiger partial charge in [0.15, 0.2) is 5.90 Å². The molecule has 0 aliphatic carbocycles. The van der Waals surface area contributed by atoms with Gasteiger partial charge in [-0.2, -0.15) is 0 Å². The Hall–Kier alpha value is -0.690. The highest BCUT2D eigenvalue weighted by molar-refractivity contribution is 5.75. The Bertz CT molecular complexity index is 256. The molecule has 2 aliphatic heterocycles. The van der Waals surface area contributed by atoms with E-state index in [1.807, 2.05) is 0 Å². The van der Waals surface area contributed by atoms with Crippen LogP contribution >= 0.6 is 0 Å². The fourth-order valence-corrected chi connectivity index (χ4v) is 1.71. The molecule has 0 saturated carbocycles. The quantitative estimate of drug-likeness (QED) is 0.469. The molecule has 0 spiro atoms. The maximum atomic E-state index is 9.64. The Balaban J connectivity index is 2.14. The molecular formula is C8H13NO5. The van der Waals surface area contributed by atoms with Crippen molar-refractivity contribution >= 4 is 5.90 Å². The van der Waals surface area contributed by atoms with Crippen molar-refractivity contribution in [1.82, 2.24) is 0 Å². The summed E-state index contributed by atoms with van der Waals surface area (Å²) >= 11 is 0. The molecule has 2 heterocycles. The minimum absolute atomic E-state index is 0.357. The maximum Gasteiger partial charge on any atom is 0.227 e. The molecule has 80 valence electrons. The first-order valence-electron chi connectivity index (χ1n) is 4.47. The van der Waals surface area contributed by atoms with E-state index in [-0.39, 0.29) is 6.61 Å². The highest BCUT2D eigenvalue weighted by atomic mass is 16.7. The van der Waals surface area contributed by atoms with Crippen LogP contribution in [0.2, 0.25) is 0 Å². The van der Waals surface area contributed by atoms with Gasteiger partial charge in [-0.25, -0.2) is 4.99 Å². The van der Waals surface area contributed by atoms with E-state index in [1.54, 1.807) is 6.92 Å². The third kappa shape index (κ3) is 1.40. The molecule has 3 N–H and O–H groups in total. The molecule has 0 aromatic rings. The van der Waals surface area contributed by atoms with Crippen LogP contribution in [0.1, 0.15) is 6.92 Å². The fourth-order valence-electron chi connectivity index (χ4n) is 1.71. The van der Waals surface area contributed by atoms with E-state index in [2.05, 4.69) is 4.99 Å². The Kier molecular flexibility index (Phi) is 2.44. The van der Waals surface area contributed by atoms with Crippen molar-refractivity contribution in [3.63, 3.8) is 0 Å². The minimum atomic E-state index is -1.13. The first kappa shape index (κ1) is 9.85. The van der Waals surface area contributed by atoms with Crippen molar-refractivity contribution in [2.24, 2.45) is 4.99 Å². The summed E-state index contributed by atoms with van der Waals surface area (Å²) in [5.41, 5.74) is 0. The lowest BCUT2D eigenvalue weighted by atomic mass is 9.98. The van der Waals surface area contributed by atoms with Crippen molar-refractivity contribution in [2.45, 2.75) is 37.6 Å². The number of ether oxygens (including phenoxy) is 2. The third-order valence-corrected chi connectivity index (χ3v) is 2.47. The van der Waals surface area contributed by atoms with E-state index >= 15 is 0 Å².